The van der Waals surface area contributed by atoms with Crippen LogP contribution in [0, 0.1) is 0 Å². The van der Waals surface area contributed by atoms with E-state index in [1.165, 1.54) is 39.2 Å². The van der Waals surface area contributed by atoms with E-state index >= 15 is 0 Å². The number of hydrogen-bond acceptors (Lipinski definition) is 5. The molecule has 1 aromatic rings. The Morgan fingerprint density at radius 1 is 1.05 bits per heavy atom. The van der Waals surface area contributed by atoms with Gasteiger partial charge in [-0.1, -0.05) is 38.5 Å². The second kappa shape index (κ2) is 11.8. The van der Waals surface area contributed by atoms with E-state index in [1.54, 1.807) is 12.3 Å². The van der Waals surface area contributed by atoms with Crippen LogP contribution in [0.25, 0.3) is 0 Å². The number of nitrogens with two attached hydrogens (primary N) is 1. The number of hydrogen-bond donors (Lipinski definition) is 1. The van der Waals surface area contributed by atoms with Gasteiger partial charge in [-0.05, 0) is 25.0 Å². The lowest BCUT2D eigenvalue weighted by atomic mass is 10.1. The molecule has 0 unspecified atom stereocenters. The second-order valence-corrected chi connectivity index (χ2v) is 5.42. The molecule has 124 valence electrons. The van der Waals surface area contributed by atoms with Crippen LogP contribution in [0.5, 0.6) is 5.75 Å². The van der Waals surface area contributed by atoms with Crippen LogP contribution in [0.1, 0.15) is 57.8 Å². The molecule has 22 heavy (non-hydrogen) atoms. The van der Waals surface area contributed by atoms with Crippen molar-refractivity contribution in [1.82, 2.24) is 4.98 Å². The minimum Gasteiger partial charge on any atom is -0.492 e. The molecule has 1 heterocycles. The minimum absolute atomic E-state index is 0.101. The highest BCUT2D eigenvalue weighted by atomic mass is 16.5. The number of carbonyl (C=O) groups is 1. The van der Waals surface area contributed by atoms with Crippen molar-refractivity contribution in [3.05, 3.63) is 18.3 Å². The fraction of sp³-hybridized carbons (Fsp3) is 0.647. The topological polar surface area (TPSA) is 74.4 Å². The Hall–Kier alpha value is -1.78. The maximum atomic E-state index is 10.9. The van der Waals surface area contributed by atoms with Crippen LogP contribution in [0.15, 0.2) is 18.3 Å². The molecule has 0 saturated heterocycles. The van der Waals surface area contributed by atoms with Gasteiger partial charge in [0, 0.05) is 6.42 Å². The lowest BCUT2D eigenvalue weighted by molar-refractivity contribution is -0.140. The Bertz CT molecular complexity index is 407. The molecular weight excluding hydrogens is 280 g/mol. The molecule has 5 nitrogen and oxygen atoms in total. The lowest BCUT2D eigenvalue weighted by Crippen LogP contribution is -1.99. The van der Waals surface area contributed by atoms with Gasteiger partial charge in [-0.3, -0.25) is 4.79 Å². The maximum absolute atomic E-state index is 10.9. The molecule has 0 atom stereocenters. The van der Waals surface area contributed by atoms with Crippen molar-refractivity contribution in [1.29, 1.82) is 0 Å². The van der Waals surface area contributed by atoms with Crippen molar-refractivity contribution in [2.24, 2.45) is 0 Å². The predicted molar refractivity (Wildman–Crippen MR) is 87.7 cm³/mol. The highest BCUT2D eigenvalue weighted by Gasteiger charge is 1.99. The summed E-state index contributed by atoms with van der Waals surface area (Å²) in [5, 5.41) is 0. The van der Waals surface area contributed by atoms with E-state index in [0.717, 1.165) is 31.6 Å². The largest absolute Gasteiger partial charge is 0.492 e. The number of anilines is 1. The minimum atomic E-state index is -0.101. The average Bonchev–Trinajstić information content (AvgIpc) is 2.54. The van der Waals surface area contributed by atoms with E-state index in [-0.39, 0.29) is 5.97 Å². The molecule has 5 heteroatoms. The number of aromatic nitrogens is 1. The van der Waals surface area contributed by atoms with Gasteiger partial charge in [-0.2, -0.15) is 0 Å². The predicted octanol–water partition coefficient (Wildman–Crippen LogP) is 3.73. The van der Waals surface area contributed by atoms with Crippen LogP contribution < -0.4 is 10.5 Å². The summed E-state index contributed by atoms with van der Waals surface area (Å²) in [6.07, 6.45) is 11.4. The number of nitrogens with zero attached hydrogens (tertiary/aromatic N) is 1. The number of pyridine rings is 1. The summed E-state index contributed by atoms with van der Waals surface area (Å²) in [7, 11) is 1.44. The SMILES string of the molecule is COC(=O)CCCCCCCCCCOc1ccc(N)nc1. The summed E-state index contributed by atoms with van der Waals surface area (Å²) >= 11 is 0. The van der Waals surface area contributed by atoms with Crippen molar-refractivity contribution < 1.29 is 14.3 Å². The Morgan fingerprint density at radius 3 is 2.27 bits per heavy atom. The lowest BCUT2D eigenvalue weighted by Gasteiger charge is -2.06. The van der Waals surface area contributed by atoms with Gasteiger partial charge in [0.05, 0.1) is 19.9 Å². The Morgan fingerprint density at radius 2 is 1.68 bits per heavy atom. The first-order valence-corrected chi connectivity index (χ1v) is 8.13. The average molecular weight is 308 g/mol. The van der Waals surface area contributed by atoms with Gasteiger partial charge < -0.3 is 15.2 Å². The van der Waals surface area contributed by atoms with E-state index < -0.39 is 0 Å². The van der Waals surface area contributed by atoms with Crippen LogP contribution in [0.3, 0.4) is 0 Å². The Labute approximate surface area is 133 Å². The monoisotopic (exact) mass is 308 g/mol. The van der Waals surface area contributed by atoms with Crippen LogP contribution in [-0.4, -0.2) is 24.7 Å². The fourth-order valence-corrected chi connectivity index (χ4v) is 2.20. The third-order valence-electron chi connectivity index (χ3n) is 3.53. The van der Waals surface area contributed by atoms with Gasteiger partial charge in [-0.15, -0.1) is 0 Å². The molecule has 0 aliphatic rings. The smallest absolute Gasteiger partial charge is 0.305 e. The molecule has 0 aromatic carbocycles. The van der Waals surface area contributed by atoms with Crippen LogP contribution in [-0.2, 0) is 9.53 Å². The van der Waals surface area contributed by atoms with Crippen molar-refractivity contribution in [2.75, 3.05) is 19.5 Å². The molecule has 1 rings (SSSR count). The van der Waals surface area contributed by atoms with Crippen LogP contribution in [0.4, 0.5) is 5.82 Å². The van der Waals surface area contributed by atoms with Gasteiger partial charge in [-0.25, -0.2) is 4.98 Å². The zero-order valence-corrected chi connectivity index (χ0v) is 13.6. The molecular formula is C17H28N2O3. The van der Waals surface area contributed by atoms with E-state index in [4.69, 9.17) is 10.5 Å². The standard InChI is InChI=1S/C17H28N2O3/c1-21-17(20)10-8-6-4-2-3-5-7-9-13-22-15-11-12-16(18)19-14-15/h11-12,14H,2-10,13H2,1H3,(H2,18,19). The number of ether oxygens (including phenoxy) is 2. The number of carbonyl (C=O) groups excluding carboxylic acids is 1. The number of esters is 1. The molecule has 0 fully saturated rings. The maximum Gasteiger partial charge on any atom is 0.305 e. The van der Waals surface area contributed by atoms with Gasteiger partial charge in [0.15, 0.2) is 0 Å². The molecule has 0 saturated carbocycles. The summed E-state index contributed by atoms with van der Waals surface area (Å²) in [6, 6.07) is 3.59. The van der Waals surface area contributed by atoms with Gasteiger partial charge >= 0.3 is 5.97 Å². The number of unbranched alkanes of at least 4 members (excludes halogenated alkanes) is 7. The van der Waals surface area contributed by atoms with Gasteiger partial charge in [0.2, 0.25) is 0 Å². The zero-order valence-electron chi connectivity index (χ0n) is 13.6. The molecule has 0 spiro atoms. The van der Waals surface area contributed by atoms with Crippen molar-refractivity contribution in [3.8, 4) is 5.75 Å². The zero-order chi connectivity index (χ0) is 16.0. The quantitative estimate of drug-likeness (QED) is 0.470. The molecule has 1 aromatic heterocycles. The van der Waals surface area contributed by atoms with Crippen LogP contribution >= 0.6 is 0 Å². The molecule has 0 bridgehead atoms. The molecule has 0 aliphatic heterocycles. The third-order valence-corrected chi connectivity index (χ3v) is 3.53. The number of rotatable bonds is 12. The van der Waals surface area contributed by atoms with Gasteiger partial charge in [0.1, 0.15) is 11.6 Å². The van der Waals surface area contributed by atoms with E-state index in [1.807, 2.05) is 6.07 Å². The first-order valence-electron chi connectivity index (χ1n) is 8.13. The first-order chi connectivity index (χ1) is 10.7. The second-order valence-electron chi connectivity index (χ2n) is 5.42. The molecule has 0 amide bonds. The summed E-state index contributed by atoms with van der Waals surface area (Å²) in [4.78, 5) is 14.9. The molecule has 0 radical (unpaired) electrons. The Kier molecular flexibility index (Phi) is 9.83. The Balaban J connectivity index is 1.84. The third kappa shape index (κ3) is 9.21. The van der Waals surface area contributed by atoms with E-state index in [9.17, 15) is 4.79 Å². The number of nitrogen functional groups attached to an aromatic ring is 1. The summed E-state index contributed by atoms with van der Waals surface area (Å²) in [6.45, 7) is 0.727. The highest BCUT2D eigenvalue weighted by molar-refractivity contribution is 5.68. The van der Waals surface area contributed by atoms with E-state index in [2.05, 4.69) is 9.72 Å². The van der Waals surface area contributed by atoms with Crippen molar-refractivity contribution >= 4 is 11.8 Å². The number of methoxy groups -OCH3 is 1. The van der Waals surface area contributed by atoms with E-state index in [0.29, 0.717) is 12.2 Å². The summed E-state index contributed by atoms with van der Waals surface area (Å²) in [5.41, 5.74) is 5.51. The normalized spacial score (nSPS) is 10.4. The summed E-state index contributed by atoms with van der Waals surface area (Å²) in [5.74, 6) is 1.19. The molecule has 2 N–H and O–H groups in total. The first kappa shape index (κ1) is 18.3. The van der Waals surface area contributed by atoms with Crippen LogP contribution in [0.2, 0.25) is 0 Å². The highest BCUT2D eigenvalue weighted by Crippen LogP contribution is 2.12. The van der Waals surface area contributed by atoms with Crippen molar-refractivity contribution in [2.45, 2.75) is 57.8 Å². The van der Waals surface area contributed by atoms with Crippen molar-refractivity contribution in [3.63, 3.8) is 0 Å². The summed E-state index contributed by atoms with van der Waals surface area (Å²) < 4.78 is 10.2. The molecule has 0 aliphatic carbocycles. The fourth-order valence-electron chi connectivity index (χ4n) is 2.20. The van der Waals surface area contributed by atoms with Gasteiger partial charge in [0.25, 0.3) is 0 Å².